The molecule has 0 fully saturated rings. The Morgan fingerprint density at radius 2 is 1.87 bits per heavy atom. The van der Waals surface area contributed by atoms with Crippen LogP contribution in [0.4, 0.5) is 0 Å². The van der Waals surface area contributed by atoms with Crippen LogP contribution in [0.25, 0.3) is 0 Å². The number of ether oxygens (including phenoxy) is 1. The summed E-state index contributed by atoms with van der Waals surface area (Å²) < 4.78 is 4.92. The first-order valence-corrected chi connectivity index (χ1v) is 4.77. The van der Waals surface area contributed by atoms with E-state index in [9.17, 15) is 14.7 Å². The van der Waals surface area contributed by atoms with Gasteiger partial charge in [0.05, 0.1) is 12.0 Å². The van der Waals surface area contributed by atoms with E-state index in [4.69, 9.17) is 4.74 Å². The maximum Gasteiger partial charge on any atom is 1.00 e. The SMILES string of the molecule is CCC(C)(C)C(=O)OCCCC(=O)[O-].[Na+]. The molecule has 4 nitrogen and oxygen atoms in total. The van der Waals surface area contributed by atoms with E-state index in [1.54, 1.807) is 13.8 Å². The zero-order chi connectivity index (χ0) is 11.2. The quantitative estimate of drug-likeness (QED) is 0.284. The molecule has 0 atom stereocenters. The minimum absolute atomic E-state index is 0. The van der Waals surface area contributed by atoms with Crippen LogP contribution in [0, 0.1) is 5.41 Å². The second kappa shape index (κ2) is 8.13. The van der Waals surface area contributed by atoms with Crippen molar-refractivity contribution in [1.82, 2.24) is 0 Å². The first kappa shape index (κ1) is 17.3. The molecular weight excluding hydrogens is 207 g/mol. The summed E-state index contributed by atoms with van der Waals surface area (Å²) in [6.07, 6.45) is 0.944. The van der Waals surface area contributed by atoms with Gasteiger partial charge >= 0.3 is 35.5 Å². The van der Waals surface area contributed by atoms with E-state index in [1.165, 1.54) is 0 Å². The maximum absolute atomic E-state index is 11.4. The number of hydrogen-bond acceptors (Lipinski definition) is 4. The zero-order valence-corrected chi connectivity index (χ0v) is 12.0. The second-order valence-corrected chi connectivity index (χ2v) is 3.85. The van der Waals surface area contributed by atoms with Gasteiger partial charge in [0.25, 0.3) is 0 Å². The van der Waals surface area contributed by atoms with Gasteiger partial charge in [-0.05, 0) is 33.1 Å². The summed E-state index contributed by atoms with van der Waals surface area (Å²) >= 11 is 0. The average molecular weight is 224 g/mol. The van der Waals surface area contributed by atoms with Crippen molar-refractivity contribution in [2.45, 2.75) is 40.0 Å². The van der Waals surface area contributed by atoms with E-state index in [-0.39, 0.29) is 48.6 Å². The number of esters is 1. The molecule has 5 heteroatoms. The van der Waals surface area contributed by atoms with Crippen LogP contribution in [0.2, 0.25) is 0 Å². The number of carbonyl (C=O) groups excluding carboxylic acids is 2. The molecule has 15 heavy (non-hydrogen) atoms. The molecule has 0 saturated heterocycles. The van der Waals surface area contributed by atoms with Crippen LogP contribution >= 0.6 is 0 Å². The van der Waals surface area contributed by atoms with Gasteiger partial charge < -0.3 is 14.6 Å². The Hall–Kier alpha value is -0.0600. The number of carboxylic acids is 1. The van der Waals surface area contributed by atoms with Crippen molar-refractivity contribution >= 4 is 11.9 Å². The molecule has 0 aromatic heterocycles. The molecule has 0 saturated carbocycles. The van der Waals surface area contributed by atoms with Crippen LogP contribution in [0.5, 0.6) is 0 Å². The number of carboxylic acid groups (broad SMARTS) is 1. The van der Waals surface area contributed by atoms with Crippen LogP contribution in [0.15, 0.2) is 0 Å². The smallest absolute Gasteiger partial charge is 0.550 e. The van der Waals surface area contributed by atoms with Crippen molar-refractivity contribution in [3.05, 3.63) is 0 Å². The largest absolute Gasteiger partial charge is 1.00 e. The molecule has 0 aliphatic heterocycles. The summed E-state index contributed by atoms with van der Waals surface area (Å²) in [6, 6.07) is 0. The summed E-state index contributed by atoms with van der Waals surface area (Å²) in [7, 11) is 0. The van der Waals surface area contributed by atoms with Crippen LogP contribution in [0.3, 0.4) is 0 Å². The predicted octanol–water partition coefficient (Wildman–Crippen LogP) is -2.50. The molecule has 0 rings (SSSR count). The molecule has 0 bridgehead atoms. The number of hydrogen-bond donors (Lipinski definition) is 0. The molecular formula is C10H17NaO4. The van der Waals surface area contributed by atoms with E-state index >= 15 is 0 Å². The molecule has 0 unspecified atom stereocenters. The Kier molecular flexibility index (Phi) is 9.40. The Morgan fingerprint density at radius 3 is 2.27 bits per heavy atom. The Balaban J connectivity index is 0. The van der Waals surface area contributed by atoms with E-state index in [0.29, 0.717) is 12.8 Å². The molecule has 0 aliphatic rings. The molecule has 0 aromatic carbocycles. The first-order chi connectivity index (χ1) is 6.40. The van der Waals surface area contributed by atoms with Crippen molar-refractivity contribution in [3.63, 3.8) is 0 Å². The van der Waals surface area contributed by atoms with E-state index < -0.39 is 11.4 Å². The zero-order valence-electron chi connectivity index (χ0n) is 9.96. The van der Waals surface area contributed by atoms with Gasteiger partial charge in [0.15, 0.2) is 0 Å². The maximum atomic E-state index is 11.4. The predicted molar refractivity (Wildman–Crippen MR) is 49.3 cm³/mol. The van der Waals surface area contributed by atoms with Gasteiger partial charge in [-0.25, -0.2) is 0 Å². The van der Waals surface area contributed by atoms with Gasteiger partial charge in [0.1, 0.15) is 0 Å². The summed E-state index contributed by atoms with van der Waals surface area (Å²) in [4.78, 5) is 21.4. The topological polar surface area (TPSA) is 66.4 Å². The molecule has 0 spiro atoms. The number of aliphatic carboxylic acids is 1. The van der Waals surface area contributed by atoms with Gasteiger partial charge in [-0.15, -0.1) is 0 Å². The normalized spacial score (nSPS) is 10.3. The molecule has 82 valence electrons. The van der Waals surface area contributed by atoms with Crippen LogP contribution in [-0.4, -0.2) is 18.5 Å². The summed E-state index contributed by atoms with van der Waals surface area (Å²) in [5, 5.41) is 10.0. The Bertz CT molecular complexity index is 213. The van der Waals surface area contributed by atoms with Gasteiger partial charge in [-0.3, -0.25) is 4.79 Å². The van der Waals surface area contributed by atoms with Gasteiger partial charge in [-0.1, -0.05) is 6.92 Å². The fourth-order valence-corrected chi connectivity index (χ4v) is 0.721. The fourth-order valence-electron chi connectivity index (χ4n) is 0.721. The number of rotatable bonds is 6. The average Bonchev–Trinajstić information content (AvgIpc) is 2.11. The van der Waals surface area contributed by atoms with Crippen molar-refractivity contribution in [2.24, 2.45) is 5.41 Å². The fraction of sp³-hybridized carbons (Fsp3) is 0.800. The third-order valence-electron chi connectivity index (χ3n) is 2.19. The third-order valence-corrected chi connectivity index (χ3v) is 2.19. The van der Waals surface area contributed by atoms with Crippen molar-refractivity contribution in [3.8, 4) is 0 Å². The van der Waals surface area contributed by atoms with Gasteiger partial charge in [0.2, 0.25) is 0 Å². The van der Waals surface area contributed by atoms with E-state index in [2.05, 4.69) is 0 Å². The molecule has 0 amide bonds. The van der Waals surface area contributed by atoms with Gasteiger partial charge in [0, 0.05) is 5.97 Å². The summed E-state index contributed by atoms with van der Waals surface area (Å²) in [5.74, 6) is -1.39. The third kappa shape index (κ3) is 7.82. The van der Waals surface area contributed by atoms with E-state index in [0.717, 1.165) is 0 Å². The van der Waals surface area contributed by atoms with Crippen molar-refractivity contribution < 1.29 is 49.0 Å². The van der Waals surface area contributed by atoms with Crippen molar-refractivity contribution in [2.75, 3.05) is 6.61 Å². The van der Waals surface area contributed by atoms with Crippen LogP contribution < -0.4 is 34.7 Å². The minimum Gasteiger partial charge on any atom is -0.550 e. The number of carbonyl (C=O) groups is 2. The van der Waals surface area contributed by atoms with Gasteiger partial charge in [-0.2, -0.15) is 0 Å². The first-order valence-electron chi connectivity index (χ1n) is 4.77. The standard InChI is InChI=1S/C10H18O4.Na/c1-4-10(2,3)9(13)14-7-5-6-8(11)12;/h4-7H2,1-3H3,(H,11,12);/q;+1/p-1. The summed E-state index contributed by atoms with van der Waals surface area (Å²) in [6.45, 7) is 5.65. The molecule has 0 heterocycles. The minimum atomic E-state index is -1.11. The molecule has 0 aromatic rings. The Morgan fingerprint density at radius 1 is 1.33 bits per heavy atom. The molecule has 0 radical (unpaired) electrons. The second-order valence-electron chi connectivity index (χ2n) is 3.85. The van der Waals surface area contributed by atoms with E-state index in [1.807, 2.05) is 6.92 Å². The van der Waals surface area contributed by atoms with Crippen LogP contribution in [-0.2, 0) is 14.3 Å². The van der Waals surface area contributed by atoms with Crippen LogP contribution in [0.1, 0.15) is 40.0 Å². The monoisotopic (exact) mass is 224 g/mol. The van der Waals surface area contributed by atoms with Crippen molar-refractivity contribution in [1.29, 1.82) is 0 Å². The molecule has 0 aliphatic carbocycles. The summed E-state index contributed by atoms with van der Waals surface area (Å²) in [5.41, 5.74) is -0.485. The molecule has 0 N–H and O–H groups in total. The Labute approximate surface area is 113 Å².